The fourth-order valence-electron chi connectivity index (χ4n) is 2.11. The van der Waals surface area contributed by atoms with Crippen molar-refractivity contribution < 1.29 is 4.79 Å². The summed E-state index contributed by atoms with van der Waals surface area (Å²) in [5.41, 5.74) is 0.766. The summed E-state index contributed by atoms with van der Waals surface area (Å²) in [5, 5.41) is 3.10. The maximum absolute atomic E-state index is 12.5. The van der Waals surface area contributed by atoms with Gasteiger partial charge >= 0.3 is 0 Å². The minimum atomic E-state index is -0.392. The van der Waals surface area contributed by atoms with Crippen molar-refractivity contribution in [1.82, 2.24) is 9.38 Å². The summed E-state index contributed by atoms with van der Waals surface area (Å²) < 4.78 is 1.45. The monoisotopic (exact) mass is 333 g/mol. The lowest BCUT2D eigenvalue weighted by molar-refractivity contribution is 0.102. The van der Waals surface area contributed by atoms with E-state index in [1.165, 1.54) is 15.7 Å². The molecule has 5 nitrogen and oxygen atoms in total. The molecule has 0 unspecified atom stereocenters. The van der Waals surface area contributed by atoms with Crippen molar-refractivity contribution in [3.63, 3.8) is 0 Å². The van der Waals surface area contributed by atoms with E-state index in [4.69, 9.17) is 11.6 Å². The van der Waals surface area contributed by atoms with Crippen LogP contribution in [0.2, 0.25) is 5.02 Å². The van der Waals surface area contributed by atoms with Crippen molar-refractivity contribution in [3.05, 3.63) is 62.0 Å². The molecule has 1 N–H and O–H groups in total. The number of anilines is 1. The Kier molecular flexibility index (Phi) is 3.72. The van der Waals surface area contributed by atoms with Gasteiger partial charge in [-0.25, -0.2) is 4.98 Å². The average Bonchev–Trinajstić information content (AvgIpc) is 2.84. The summed E-state index contributed by atoms with van der Waals surface area (Å²) >= 11 is 7.31. The standard InChI is InChI=1S/C15H12ClN3O2S/c1-8-7-19-14(21)12(9(2)17-15(19)22-8)18-13(20)10-4-3-5-11(16)6-10/h3-7H,1-2H3,(H,18,20). The van der Waals surface area contributed by atoms with Crippen LogP contribution in [0.15, 0.2) is 35.3 Å². The van der Waals surface area contributed by atoms with Crippen LogP contribution in [-0.4, -0.2) is 15.3 Å². The first-order valence-corrected chi connectivity index (χ1v) is 7.71. The Morgan fingerprint density at radius 3 is 2.86 bits per heavy atom. The number of halogens is 1. The Balaban J connectivity index is 2.03. The largest absolute Gasteiger partial charge is 0.316 e. The molecule has 0 saturated carbocycles. The van der Waals surface area contributed by atoms with Gasteiger partial charge in [0, 0.05) is 21.7 Å². The van der Waals surface area contributed by atoms with Gasteiger partial charge in [0.05, 0.1) is 5.69 Å². The number of thiazole rings is 1. The first kappa shape index (κ1) is 14.7. The zero-order valence-corrected chi connectivity index (χ0v) is 13.5. The molecule has 0 aliphatic carbocycles. The molecular formula is C15H12ClN3O2S. The Bertz CT molecular complexity index is 946. The van der Waals surface area contributed by atoms with Gasteiger partial charge in [0.25, 0.3) is 11.5 Å². The summed E-state index contributed by atoms with van der Waals surface area (Å²) in [6.45, 7) is 3.60. The summed E-state index contributed by atoms with van der Waals surface area (Å²) in [4.78, 5) is 30.7. The number of fused-ring (bicyclic) bond motifs is 1. The number of hydrogen-bond donors (Lipinski definition) is 1. The molecule has 0 atom stereocenters. The Morgan fingerprint density at radius 2 is 2.14 bits per heavy atom. The van der Waals surface area contributed by atoms with E-state index in [-0.39, 0.29) is 11.2 Å². The predicted octanol–water partition coefficient (Wildman–Crippen LogP) is 3.28. The minimum absolute atomic E-state index is 0.181. The Hall–Kier alpha value is -2.18. The van der Waals surface area contributed by atoms with E-state index in [0.29, 0.717) is 21.2 Å². The van der Waals surface area contributed by atoms with Gasteiger partial charge in [-0.05, 0) is 32.0 Å². The van der Waals surface area contributed by atoms with Crippen LogP contribution in [-0.2, 0) is 0 Å². The maximum Gasteiger partial charge on any atom is 0.282 e. The number of nitrogens with zero attached hydrogens (tertiary/aromatic N) is 2. The molecule has 3 rings (SSSR count). The molecule has 1 aromatic carbocycles. The molecule has 0 aliphatic rings. The molecule has 0 radical (unpaired) electrons. The third-order valence-electron chi connectivity index (χ3n) is 3.15. The highest BCUT2D eigenvalue weighted by Crippen LogP contribution is 2.17. The van der Waals surface area contributed by atoms with Gasteiger partial charge in [-0.3, -0.25) is 14.0 Å². The zero-order valence-electron chi connectivity index (χ0n) is 11.9. The first-order valence-electron chi connectivity index (χ1n) is 6.52. The smallest absolute Gasteiger partial charge is 0.282 e. The molecule has 0 spiro atoms. The molecular weight excluding hydrogens is 322 g/mol. The van der Waals surface area contributed by atoms with Crippen molar-refractivity contribution in [1.29, 1.82) is 0 Å². The molecule has 2 aromatic heterocycles. The minimum Gasteiger partial charge on any atom is -0.316 e. The topological polar surface area (TPSA) is 63.5 Å². The zero-order chi connectivity index (χ0) is 15.9. The number of nitrogens with one attached hydrogen (secondary N) is 1. The van der Waals surface area contributed by atoms with E-state index in [1.54, 1.807) is 37.4 Å². The van der Waals surface area contributed by atoms with Crippen LogP contribution < -0.4 is 10.9 Å². The lowest BCUT2D eigenvalue weighted by atomic mass is 10.2. The SMILES string of the molecule is Cc1cn2c(=O)c(NC(=O)c3cccc(Cl)c3)c(C)nc2s1. The van der Waals surface area contributed by atoms with Gasteiger partial charge in [-0.1, -0.05) is 17.7 Å². The first-order chi connectivity index (χ1) is 10.5. The molecule has 112 valence electrons. The van der Waals surface area contributed by atoms with Crippen molar-refractivity contribution >= 4 is 39.5 Å². The highest BCUT2D eigenvalue weighted by atomic mass is 35.5. The van der Waals surface area contributed by atoms with E-state index in [9.17, 15) is 9.59 Å². The number of hydrogen-bond acceptors (Lipinski definition) is 4. The highest BCUT2D eigenvalue weighted by molar-refractivity contribution is 7.16. The third kappa shape index (κ3) is 2.63. The van der Waals surface area contributed by atoms with Crippen molar-refractivity contribution in [3.8, 4) is 0 Å². The lowest BCUT2D eigenvalue weighted by Gasteiger charge is -2.07. The molecule has 2 heterocycles. The van der Waals surface area contributed by atoms with Crippen LogP contribution in [0.1, 0.15) is 20.9 Å². The number of aryl methyl sites for hydroxylation is 2. The van der Waals surface area contributed by atoms with Crippen LogP contribution >= 0.6 is 22.9 Å². The van der Waals surface area contributed by atoms with E-state index in [1.807, 2.05) is 6.92 Å². The van der Waals surface area contributed by atoms with Crippen LogP contribution in [0.25, 0.3) is 4.96 Å². The van der Waals surface area contributed by atoms with Crippen LogP contribution in [0.4, 0.5) is 5.69 Å². The van der Waals surface area contributed by atoms with Crippen LogP contribution in [0.3, 0.4) is 0 Å². The second-order valence-corrected chi connectivity index (χ2v) is 6.49. The molecule has 1 amide bonds. The van der Waals surface area contributed by atoms with E-state index < -0.39 is 5.91 Å². The summed E-state index contributed by atoms with van der Waals surface area (Å²) in [5.74, 6) is -0.392. The normalized spacial score (nSPS) is 10.9. The average molecular weight is 334 g/mol. The molecule has 0 fully saturated rings. The quantitative estimate of drug-likeness (QED) is 0.782. The van der Waals surface area contributed by atoms with Gasteiger partial charge in [-0.2, -0.15) is 0 Å². The number of aromatic nitrogens is 2. The fraction of sp³-hybridized carbons (Fsp3) is 0.133. The number of carbonyl (C=O) groups excluding carboxylic acids is 1. The van der Waals surface area contributed by atoms with E-state index in [2.05, 4.69) is 10.3 Å². The summed E-state index contributed by atoms with van der Waals surface area (Å²) in [6, 6.07) is 6.54. The lowest BCUT2D eigenvalue weighted by Crippen LogP contribution is -2.24. The van der Waals surface area contributed by atoms with Crippen LogP contribution in [0, 0.1) is 13.8 Å². The van der Waals surface area contributed by atoms with Gasteiger partial charge in [0.15, 0.2) is 4.96 Å². The van der Waals surface area contributed by atoms with Crippen molar-refractivity contribution in [2.24, 2.45) is 0 Å². The van der Waals surface area contributed by atoms with Crippen molar-refractivity contribution in [2.75, 3.05) is 5.32 Å². The molecule has 0 bridgehead atoms. The summed E-state index contributed by atoms with van der Waals surface area (Å²) in [7, 11) is 0. The molecule has 0 aliphatic heterocycles. The highest BCUT2D eigenvalue weighted by Gasteiger charge is 2.15. The third-order valence-corrected chi connectivity index (χ3v) is 4.29. The number of benzene rings is 1. The number of amides is 1. The molecule has 7 heteroatoms. The molecule has 22 heavy (non-hydrogen) atoms. The number of rotatable bonds is 2. The fourth-order valence-corrected chi connectivity index (χ4v) is 3.17. The Labute approximate surface area is 135 Å². The van der Waals surface area contributed by atoms with E-state index >= 15 is 0 Å². The van der Waals surface area contributed by atoms with Gasteiger partial charge in [0.2, 0.25) is 0 Å². The van der Waals surface area contributed by atoms with Gasteiger partial charge in [-0.15, -0.1) is 11.3 Å². The predicted molar refractivity (Wildman–Crippen MR) is 88.2 cm³/mol. The van der Waals surface area contributed by atoms with Crippen LogP contribution in [0.5, 0.6) is 0 Å². The van der Waals surface area contributed by atoms with Gasteiger partial charge in [0.1, 0.15) is 5.69 Å². The Morgan fingerprint density at radius 1 is 1.36 bits per heavy atom. The van der Waals surface area contributed by atoms with E-state index in [0.717, 1.165) is 4.88 Å². The van der Waals surface area contributed by atoms with Gasteiger partial charge < -0.3 is 5.32 Å². The van der Waals surface area contributed by atoms with Crippen molar-refractivity contribution in [2.45, 2.75) is 13.8 Å². The second kappa shape index (κ2) is 5.55. The molecule has 3 aromatic rings. The summed E-state index contributed by atoms with van der Waals surface area (Å²) in [6.07, 6.45) is 1.71. The molecule has 0 saturated heterocycles. The maximum atomic E-state index is 12.5. The number of carbonyl (C=O) groups is 1. The second-order valence-electron chi connectivity index (χ2n) is 4.84.